The van der Waals surface area contributed by atoms with Gasteiger partial charge in [-0.15, -0.1) is 0 Å². The van der Waals surface area contributed by atoms with E-state index in [9.17, 15) is 4.57 Å². The van der Waals surface area contributed by atoms with Crippen LogP contribution in [0.4, 0.5) is 0 Å². The van der Waals surface area contributed by atoms with E-state index in [1.54, 1.807) is 0 Å². The first-order valence-corrected chi connectivity index (χ1v) is 6.04. The molecule has 0 radical (unpaired) electrons. The third-order valence-electron chi connectivity index (χ3n) is 1.83. The number of hydrogen-bond acceptors (Lipinski definition) is 1. The summed E-state index contributed by atoms with van der Waals surface area (Å²) in [6, 6.07) is 10.0. The molecule has 14 heavy (non-hydrogen) atoms. The Labute approximate surface area is 85.2 Å². The van der Waals surface area contributed by atoms with E-state index in [0.29, 0.717) is 6.16 Å². The minimum atomic E-state index is -1.96. The molecule has 0 aliphatic rings. The van der Waals surface area contributed by atoms with Crippen molar-refractivity contribution in [1.29, 1.82) is 0 Å². The molecule has 1 atom stereocenters. The van der Waals surface area contributed by atoms with Gasteiger partial charge < -0.3 is 0 Å². The fourth-order valence-electron chi connectivity index (χ4n) is 1.13. The van der Waals surface area contributed by atoms with Gasteiger partial charge in [0.05, 0.1) is 0 Å². The molecular weight excluding hydrogens is 195 g/mol. The lowest BCUT2D eigenvalue weighted by Crippen LogP contribution is -1.76. The van der Waals surface area contributed by atoms with Crippen LogP contribution in [0, 0.1) is 0 Å². The molecule has 0 aromatic heterocycles. The van der Waals surface area contributed by atoms with Crippen molar-refractivity contribution in [3.8, 4) is 0 Å². The smallest absolute Gasteiger partial charge is 0.161 e. The van der Waals surface area contributed by atoms with Gasteiger partial charge in [0.1, 0.15) is 0 Å². The Bertz CT molecular complexity index is 306. The van der Waals surface area contributed by atoms with Gasteiger partial charge in [-0.25, -0.2) is 0 Å². The first-order valence-electron chi connectivity index (χ1n) is 4.64. The number of unbranched alkanes of at least 4 members (excludes halogenated alkanes) is 1. The molecule has 2 nitrogen and oxygen atoms in total. The van der Waals surface area contributed by atoms with E-state index in [1.165, 1.54) is 5.56 Å². The summed E-state index contributed by atoms with van der Waals surface area (Å²) < 4.78 is 10.4. The van der Waals surface area contributed by atoms with Crippen LogP contribution in [-0.4, -0.2) is 11.1 Å². The van der Waals surface area contributed by atoms with Crippen LogP contribution in [0.2, 0.25) is 0 Å². The zero-order valence-corrected chi connectivity index (χ0v) is 8.86. The zero-order valence-electron chi connectivity index (χ0n) is 7.97. The van der Waals surface area contributed by atoms with Crippen LogP contribution in [0.1, 0.15) is 18.4 Å². The van der Waals surface area contributed by atoms with E-state index in [0.717, 1.165) is 12.8 Å². The molecule has 0 bridgehead atoms. The second-order valence-corrected chi connectivity index (χ2v) is 4.18. The Morgan fingerprint density at radius 3 is 2.64 bits per heavy atom. The largest absolute Gasteiger partial charge is 0.505 e. The molecule has 1 N–H and O–H groups in total. The zero-order chi connectivity index (χ0) is 10.2. The summed E-state index contributed by atoms with van der Waals surface area (Å²) in [5, 5.41) is 0. The second-order valence-electron chi connectivity index (χ2n) is 3.03. The van der Waals surface area contributed by atoms with Crippen molar-refractivity contribution in [2.75, 3.05) is 6.16 Å². The fraction of sp³-hybridized carbons (Fsp3) is 0.273. The van der Waals surface area contributed by atoms with Crippen LogP contribution in [-0.2, 0) is 4.57 Å². The molecule has 1 aromatic rings. The minimum absolute atomic E-state index is 0.397. The molecule has 0 fully saturated rings. The molecule has 0 saturated carbocycles. The van der Waals surface area contributed by atoms with Crippen LogP contribution >= 0.6 is 8.03 Å². The molecule has 0 saturated heterocycles. The number of benzene rings is 1. The van der Waals surface area contributed by atoms with Crippen LogP contribution in [0.3, 0.4) is 0 Å². The molecule has 1 unspecified atom stereocenters. The maximum atomic E-state index is 10.4. The minimum Gasteiger partial charge on any atom is -0.161 e. The lowest BCUT2D eigenvalue weighted by atomic mass is 10.2. The summed E-state index contributed by atoms with van der Waals surface area (Å²) in [5.74, 6) is 0. The average Bonchev–Trinajstić information content (AvgIpc) is 2.18. The summed E-state index contributed by atoms with van der Waals surface area (Å²) in [5.41, 5.74) is 1.17. The SMILES string of the molecule is O=[P+](O)CCCC=Cc1ccccc1. The fourth-order valence-corrected chi connectivity index (χ4v) is 1.58. The highest BCUT2D eigenvalue weighted by Crippen LogP contribution is 2.15. The highest BCUT2D eigenvalue weighted by molar-refractivity contribution is 7.37. The van der Waals surface area contributed by atoms with E-state index in [-0.39, 0.29) is 0 Å². The van der Waals surface area contributed by atoms with Gasteiger partial charge in [-0.05, 0) is 23.0 Å². The first-order chi connectivity index (χ1) is 6.79. The molecular formula is C11H14O2P+. The van der Waals surface area contributed by atoms with Crippen molar-refractivity contribution in [2.24, 2.45) is 0 Å². The quantitative estimate of drug-likeness (QED) is 0.597. The maximum Gasteiger partial charge on any atom is 0.505 e. The van der Waals surface area contributed by atoms with E-state index in [2.05, 4.69) is 0 Å². The van der Waals surface area contributed by atoms with Crippen molar-refractivity contribution in [2.45, 2.75) is 12.8 Å². The second kappa shape index (κ2) is 6.47. The summed E-state index contributed by atoms with van der Waals surface area (Å²) in [6.45, 7) is 0. The van der Waals surface area contributed by atoms with E-state index < -0.39 is 8.03 Å². The Morgan fingerprint density at radius 1 is 1.29 bits per heavy atom. The van der Waals surface area contributed by atoms with Gasteiger partial charge in [-0.2, -0.15) is 4.89 Å². The standard InChI is InChI=1S/C11H13O2P/c12-14(13)10-6-2-5-9-11-7-3-1-4-8-11/h1,3-5,7-9H,2,6,10H2/p+1. The van der Waals surface area contributed by atoms with Crippen LogP contribution in [0.15, 0.2) is 36.4 Å². The summed E-state index contributed by atoms with van der Waals surface area (Å²) in [4.78, 5) is 8.55. The van der Waals surface area contributed by atoms with Crippen LogP contribution in [0.25, 0.3) is 6.08 Å². The van der Waals surface area contributed by atoms with Crippen molar-refractivity contribution in [3.05, 3.63) is 42.0 Å². The molecule has 0 spiro atoms. The van der Waals surface area contributed by atoms with Gasteiger partial charge in [0.25, 0.3) is 0 Å². The van der Waals surface area contributed by atoms with Gasteiger partial charge in [0.15, 0.2) is 6.16 Å². The molecule has 0 amide bonds. The van der Waals surface area contributed by atoms with Gasteiger partial charge in [0, 0.05) is 0 Å². The summed E-state index contributed by atoms with van der Waals surface area (Å²) in [7, 11) is -1.96. The van der Waals surface area contributed by atoms with E-state index in [4.69, 9.17) is 4.89 Å². The van der Waals surface area contributed by atoms with Gasteiger partial charge in [-0.1, -0.05) is 42.5 Å². The van der Waals surface area contributed by atoms with Crippen molar-refractivity contribution < 1.29 is 9.46 Å². The van der Waals surface area contributed by atoms with Gasteiger partial charge in [0.2, 0.25) is 0 Å². The molecule has 3 heteroatoms. The monoisotopic (exact) mass is 209 g/mol. The summed E-state index contributed by atoms with van der Waals surface area (Å²) in [6.07, 6.45) is 6.10. The molecule has 1 rings (SSSR count). The van der Waals surface area contributed by atoms with E-state index in [1.807, 2.05) is 42.5 Å². The predicted octanol–water partition coefficient (Wildman–Crippen LogP) is 3.21. The number of allylic oxidation sites excluding steroid dienone is 1. The Kier molecular flexibility index (Phi) is 5.13. The first kappa shape index (κ1) is 11.1. The van der Waals surface area contributed by atoms with Crippen LogP contribution < -0.4 is 0 Å². The maximum absolute atomic E-state index is 10.4. The number of hydrogen-bond donors (Lipinski definition) is 1. The van der Waals surface area contributed by atoms with Crippen molar-refractivity contribution in [1.82, 2.24) is 0 Å². The Hall–Kier alpha value is -0.980. The van der Waals surface area contributed by atoms with Gasteiger partial charge in [-0.3, -0.25) is 0 Å². The average molecular weight is 209 g/mol. The summed E-state index contributed by atoms with van der Waals surface area (Å²) >= 11 is 0. The number of rotatable bonds is 5. The Balaban J connectivity index is 2.25. The Morgan fingerprint density at radius 2 is 2.00 bits per heavy atom. The van der Waals surface area contributed by atoms with Crippen molar-refractivity contribution in [3.63, 3.8) is 0 Å². The molecule has 0 aliphatic heterocycles. The highest BCUT2D eigenvalue weighted by Gasteiger charge is 2.06. The lowest BCUT2D eigenvalue weighted by molar-refractivity contribution is 0.501. The highest BCUT2D eigenvalue weighted by atomic mass is 31.1. The van der Waals surface area contributed by atoms with E-state index >= 15 is 0 Å². The molecule has 1 aromatic carbocycles. The topological polar surface area (TPSA) is 37.3 Å². The molecule has 0 heterocycles. The predicted molar refractivity (Wildman–Crippen MR) is 59.4 cm³/mol. The molecule has 74 valence electrons. The molecule has 0 aliphatic carbocycles. The van der Waals surface area contributed by atoms with Crippen LogP contribution in [0.5, 0.6) is 0 Å². The van der Waals surface area contributed by atoms with Gasteiger partial charge >= 0.3 is 8.03 Å². The van der Waals surface area contributed by atoms with Crippen molar-refractivity contribution >= 4 is 14.1 Å². The normalized spacial score (nSPS) is 11.9. The lowest BCUT2D eigenvalue weighted by Gasteiger charge is -1.90. The third-order valence-corrected chi connectivity index (χ3v) is 2.53. The third kappa shape index (κ3) is 4.90.